The number of hydrogen-bond acceptors (Lipinski definition) is 4. The fraction of sp³-hybridized carbons (Fsp3) is 0.286. The molecule has 2 aromatic rings. The first-order valence-corrected chi connectivity index (χ1v) is 6.68. The van der Waals surface area contributed by atoms with Gasteiger partial charge in [-0.1, -0.05) is 23.9 Å². The quantitative estimate of drug-likeness (QED) is 0.855. The first-order chi connectivity index (χ1) is 8.61. The third kappa shape index (κ3) is 2.64. The van der Waals surface area contributed by atoms with Crippen molar-refractivity contribution >= 4 is 17.6 Å². The summed E-state index contributed by atoms with van der Waals surface area (Å²) in [5.74, 6) is 0.887. The van der Waals surface area contributed by atoms with Crippen LogP contribution in [0.25, 0.3) is 0 Å². The Hall–Kier alpha value is -1.55. The monoisotopic (exact) mass is 259 g/mol. The highest BCUT2D eigenvalue weighted by molar-refractivity contribution is 7.99. The topological polar surface area (TPSA) is 37.8 Å². The number of aryl methyl sites for hydroxylation is 2. The molecule has 0 radical (unpaired) electrons. The number of anilines is 1. The minimum absolute atomic E-state index is 0.887. The van der Waals surface area contributed by atoms with Crippen LogP contribution in [0.4, 0.5) is 5.82 Å². The first kappa shape index (κ1) is 12.9. The van der Waals surface area contributed by atoms with Crippen LogP contribution in [0.5, 0.6) is 0 Å². The highest BCUT2D eigenvalue weighted by Gasteiger charge is 2.09. The third-order valence-electron chi connectivity index (χ3n) is 2.82. The molecule has 0 spiro atoms. The van der Waals surface area contributed by atoms with Crippen molar-refractivity contribution < 1.29 is 0 Å². The van der Waals surface area contributed by atoms with Gasteiger partial charge in [-0.15, -0.1) is 0 Å². The van der Waals surface area contributed by atoms with E-state index >= 15 is 0 Å². The highest BCUT2D eigenvalue weighted by atomic mass is 32.2. The molecule has 0 bridgehead atoms. The molecule has 1 N–H and O–H groups in total. The molecule has 1 aromatic heterocycles. The summed E-state index contributed by atoms with van der Waals surface area (Å²) < 4.78 is 0. The summed E-state index contributed by atoms with van der Waals surface area (Å²) in [6.45, 7) is 6.27. The minimum atomic E-state index is 0.887. The van der Waals surface area contributed by atoms with Crippen molar-refractivity contribution in [2.45, 2.75) is 30.7 Å². The molecule has 0 atom stereocenters. The number of nitrogens with zero attached hydrogens (tertiary/aromatic N) is 2. The zero-order valence-electron chi connectivity index (χ0n) is 11.1. The van der Waals surface area contributed by atoms with Gasteiger partial charge < -0.3 is 5.32 Å². The molecule has 1 heterocycles. The smallest absolute Gasteiger partial charge is 0.133 e. The molecular formula is C14H17N3S. The van der Waals surface area contributed by atoms with E-state index in [-0.39, 0.29) is 0 Å². The van der Waals surface area contributed by atoms with Crippen molar-refractivity contribution in [3.63, 3.8) is 0 Å². The van der Waals surface area contributed by atoms with Crippen molar-refractivity contribution in [2.24, 2.45) is 0 Å². The number of aromatic nitrogens is 2. The summed E-state index contributed by atoms with van der Waals surface area (Å²) in [6, 6.07) is 6.47. The number of rotatable bonds is 3. The number of nitrogens with one attached hydrogen (secondary N) is 1. The molecule has 4 heteroatoms. The van der Waals surface area contributed by atoms with Crippen LogP contribution < -0.4 is 5.32 Å². The molecule has 0 aliphatic rings. The van der Waals surface area contributed by atoms with Crippen molar-refractivity contribution in [3.05, 3.63) is 41.2 Å². The van der Waals surface area contributed by atoms with Gasteiger partial charge >= 0.3 is 0 Å². The molecule has 0 amide bonds. The van der Waals surface area contributed by atoms with Crippen molar-refractivity contribution in [1.29, 1.82) is 0 Å². The molecule has 0 unspecified atom stereocenters. The molecule has 0 aliphatic carbocycles. The zero-order chi connectivity index (χ0) is 13.1. The van der Waals surface area contributed by atoms with Gasteiger partial charge in [0.15, 0.2) is 0 Å². The highest BCUT2D eigenvalue weighted by Crippen LogP contribution is 2.32. The normalized spacial score (nSPS) is 10.4. The Balaban J connectivity index is 2.37. The fourth-order valence-corrected chi connectivity index (χ4v) is 2.74. The Labute approximate surface area is 112 Å². The zero-order valence-corrected chi connectivity index (χ0v) is 11.9. The summed E-state index contributed by atoms with van der Waals surface area (Å²) in [6.07, 6.45) is 1.60. The largest absolute Gasteiger partial charge is 0.373 e. The van der Waals surface area contributed by atoms with E-state index in [9.17, 15) is 0 Å². The van der Waals surface area contributed by atoms with Gasteiger partial charge in [-0.05, 0) is 38.0 Å². The van der Waals surface area contributed by atoms with Crippen LogP contribution in [0, 0.1) is 20.8 Å². The Morgan fingerprint density at radius 3 is 2.61 bits per heavy atom. The average Bonchev–Trinajstić information content (AvgIpc) is 2.36. The Morgan fingerprint density at radius 1 is 1.11 bits per heavy atom. The van der Waals surface area contributed by atoms with Gasteiger partial charge in [-0.3, -0.25) is 0 Å². The Morgan fingerprint density at radius 2 is 1.89 bits per heavy atom. The molecule has 3 nitrogen and oxygen atoms in total. The van der Waals surface area contributed by atoms with Crippen LogP contribution in [-0.4, -0.2) is 17.0 Å². The van der Waals surface area contributed by atoms with E-state index < -0.39 is 0 Å². The van der Waals surface area contributed by atoms with Crippen molar-refractivity contribution in [1.82, 2.24) is 9.97 Å². The van der Waals surface area contributed by atoms with Crippen LogP contribution in [-0.2, 0) is 0 Å². The number of hydrogen-bond donors (Lipinski definition) is 1. The predicted octanol–water partition coefficient (Wildman–Crippen LogP) is 3.59. The summed E-state index contributed by atoms with van der Waals surface area (Å²) >= 11 is 1.69. The van der Waals surface area contributed by atoms with Crippen LogP contribution in [0.3, 0.4) is 0 Å². The van der Waals surface area contributed by atoms with E-state index in [1.807, 2.05) is 14.0 Å². The Bertz CT molecular complexity index is 567. The molecule has 0 fully saturated rings. The molecule has 0 saturated carbocycles. The van der Waals surface area contributed by atoms with E-state index in [1.165, 1.54) is 16.0 Å². The van der Waals surface area contributed by atoms with E-state index in [0.717, 1.165) is 16.4 Å². The summed E-state index contributed by atoms with van der Waals surface area (Å²) in [5.41, 5.74) is 3.63. The van der Waals surface area contributed by atoms with E-state index in [4.69, 9.17) is 0 Å². The lowest BCUT2D eigenvalue weighted by Crippen LogP contribution is -1.98. The maximum absolute atomic E-state index is 4.36. The molecule has 18 heavy (non-hydrogen) atoms. The van der Waals surface area contributed by atoms with Gasteiger partial charge in [0.1, 0.15) is 17.2 Å². The third-order valence-corrected chi connectivity index (χ3v) is 4.09. The molecule has 0 saturated heterocycles. The molecular weight excluding hydrogens is 242 g/mol. The summed E-state index contributed by atoms with van der Waals surface area (Å²) in [7, 11) is 1.88. The molecule has 0 aliphatic heterocycles. The second kappa shape index (κ2) is 5.40. The lowest BCUT2D eigenvalue weighted by atomic mass is 10.2. The van der Waals surface area contributed by atoms with Crippen molar-refractivity contribution in [3.8, 4) is 0 Å². The first-order valence-electron chi connectivity index (χ1n) is 5.86. The molecule has 94 valence electrons. The maximum atomic E-state index is 4.36. The van der Waals surface area contributed by atoms with E-state index in [1.54, 1.807) is 18.1 Å². The van der Waals surface area contributed by atoms with Gasteiger partial charge in [0.05, 0.1) is 0 Å². The molecule has 1 aromatic carbocycles. The minimum Gasteiger partial charge on any atom is -0.373 e. The van der Waals surface area contributed by atoms with Crippen LogP contribution in [0.15, 0.2) is 34.4 Å². The van der Waals surface area contributed by atoms with Crippen LogP contribution in [0.1, 0.15) is 16.7 Å². The SMILES string of the molecule is CNc1ncnc(Sc2cc(C)ccc2C)c1C. The van der Waals surface area contributed by atoms with Gasteiger partial charge in [-0.25, -0.2) is 9.97 Å². The second-order valence-corrected chi connectivity index (χ2v) is 5.30. The van der Waals surface area contributed by atoms with E-state index in [2.05, 4.69) is 47.3 Å². The average molecular weight is 259 g/mol. The van der Waals surface area contributed by atoms with Crippen LogP contribution in [0.2, 0.25) is 0 Å². The van der Waals surface area contributed by atoms with Gasteiger partial charge in [0, 0.05) is 17.5 Å². The predicted molar refractivity (Wildman–Crippen MR) is 76.4 cm³/mol. The second-order valence-electron chi connectivity index (χ2n) is 4.27. The lowest BCUT2D eigenvalue weighted by Gasteiger charge is -2.10. The summed E-state index contributed by atoms with van der Waals surface area (Å²) in [4.78, 5) is 9.82. The fourth-order valence-electron chi connectivity index (χ4n) is 1.71. The van der Waals surface area contributed by atoms with Gasteiger partial charge in [-0.2, -0.15) is 0 Å². The molecule has 2 rings (SSSR count). The lowest BCUT2D eigenvalue weighted by molar-refractivity contribution is 1.00. The standard InChI is InChI=1S/C14H17N3S/c1-9-5-6-10(2)12(7-9)18-14-11(3)13(15-4)16-8-17-14/h5-8H,1-4H3,(H,15,16,17). The van der Waals surface area contributed by atoms with Gasteiger partial charge in [0.2, 0.25) is 0 Å². The Kier molecular flexibility index (Phi) is 3.87. The summed E-state index contributed by atoms with van der Waals surface area (Å²) in [5, 5.41) is 4.09. The van der Waals surface area contributed by atoms with Crippen molar-refractivity contribution in [2.75, 3.05) is 12.4 Å². The van der Waals surface area contributed by atoms with E-state index in [0.29, 0.717) is 0 Å². The van der Waals surface area contributed by atoms with Crippen LogP contribution >= 0.6 is 11.8 Å². The maximum Gasteiger partial charge on any atom is 0.133 e. The van der Waals surface area contributed by atoms with Gasteiger partial charge in [0.25, 0.3) is 0 Å². The number of benzene rings is 1.